The lowest BCUT2D eigenvalue weighted by Crippen LogP contribution is -2.37. The fourth-order valence-corrected chi connectivity index (χ4v) is 1.69. The van der Waals surface area contributed by atoms with E-state index in [0.29, 0.717) is 0 Å². The molecule has 0 amide bonds. The number of hydrogen-bond acceptors (Lipinski definition) is 5. The zero-order valence-corrected chi connectivity index (χ0v) is 10.8. The number of aromatic hydroxyl groups is 2. The molecule has 0 spiro atoms. The van der Waals surface area contributed by atoms with Crippen LogP contribution in [0, 0.1) is 0 Å². The Morgan fingerprint density at radius 1 is 1.17 bits per heavy atom. The third kappa shape index (κ3) is 2.03. The monoisotopic (exact) mass is 252 g/mol. The van der Waals surface area contributed by atoms with Gasteiger partial charge in [-0.1, -0.05) is 0 Å². The van der Waals surface area contributed by atoms with Gasteiger partial charge in [-0.2, -0.15) is 0 Å². The molecule has 0 unspecified atom stereocenters. The van der Waals surface area contributed by atoms with Crippen LogP contribution in [0.2, 0.25) is 0 Å². The number of rotatable bonds is 4. The van der Waals surface area contributed by atoms with Gasteiger partial charge >= 0.3 is 0 Å². The molecule has 0 saturated carbocycles. The highest BCUT2D eigenvalue weighted by molar-refractivity contribution is 6.10. The standard InChI is InChI=1S/C13H16O5/c1-7(14)13(3,8(2)15)9-5-10(16)12(17)11(6-9)18-4/h5-6,16-17H,1-4H3. The summed E-state index contributed by atoms with van der Waals surface area (Å²) in [6.07, 6.45) is 0. The maximum atomic E-state index is 11.7. The van der Waals surface area contributed by atoms with Crippen LogP contribution in [0.5, 0.6) is 17.2 Å². The summed E-state index contributed by atoms with van der Waals surface area (Å²) in [6, 6.07) is 2.57. The predicted molar refractivity (Wildman–Crippen MR) is 65.0 cm³/mol. The van der Waals surface area contributed by atoms with Gasteiger partial charge in [-0.3, -0.25) is 9.59 Å². The quantitative estimate of drug-likeness (QED) is 0.627. The van der Waals surface area contributed by atoms with E-state index >= 15 is 0 Å². The van der Waals surface area contributed by atoms with Crippen molar-refractivity contribution in [2.75, 3.05) is 7.11 Å². The summed E-state index contributed by atoms with van der Waals surface area (Å²) in [5.74, 6) is -1.53. The maximum Gasteiger partial charge on any atom is 0.200 e. The highest BCUT2D eigenvalue weighted by atomic mass is 16.5. The normalized spacial score (nSPS) is 11.1. The molecule has 5 heteroatoms. The van der Waals surface area contributed by atoms with Gasteiger partial charge in [0.05, 0.1) is 7.11 Å². The fourth-order valence-electron chi connectivity index (χ4n) is 1.69. The fraction of sp³-hybridized carbons (Fsp3) is 0.385. The molecule has 1 rings (SSSR count). The van der Waals surface area contributed by atoms with Crippen molar-refractivity contribution < 1.29 is 24.5 Å². The highest BCUT2D eigenvalue weighted by Crippen LogP contribution is 2.40. The number of phenolic OH excluding ortho intramolecular Hbond substituents is 2. The van der Waals surface area contributed by atoms with Gasteiger partial charge in [0.25, 0.3) is 0 Å². The number of benzene rings is 1. The first-order chi connectivity index (χ1) is 8.25. The Morgan fingerprint density at radius 3 is 2.06 bits per heavy atom. The molecular weight excluding hydrogens is 236 g/mol. The predicted octanol–water partition coefficient (Wildman–Crippen LogP) is 1.54. The van der Waals surface area contributed by atoms with Crippen molar-refractivity contribution >= 4 is 11.6 Å². The Balaban J connectivity index is 3.54. The van der Waals surface area contributed by atoms with Crippen LogP contribution in [-0.4, -0.2) is 28.9 Å². The number of methoxy groups -OCH3 is 1. The summed E-state index contributed by atoms with van der Waals surface area (Å²) in [4.78, 5) is 23.4. The summed E-state index contributed by atoms with van der Waals surface area (Å²) in [7, 11) is 1.32. The van der Waals surface area contributed by atoms with Crippen molar-refractivity contribution in [1.29, 1.82) is 0 Å². The van der Waals surface area contributed by atoms with E-state index in [1.807, 2.05) is 0 Å². The molecule has 2 N–H and O–H groups in total. The zero-order chi connectivity index (χ0) is 14.1. The van der Waals surface area contributed by atoms with Gasteiger partial charge in [0.1, 0.15) is 17.0 Å². The minimum Gasteiger partial charge on any atom is -0.504 e. The first-order valence-electron chi connectivity index (χ1n) is 5.37. The molecule has 0 radical (unpaired) electrons. The number of carbonyl (C=O) groups is 2. The highest BCUT2D eigenvalue weighted by Gasteiger charge is 2.38. The molecule has 0 aromatic heterocycles. The summed E-state index contributed by atoms with van der Waals surface area (Å²) in [5.41, 5.74) is -1.08. The number of ether oxygens (including phenoxy) is 1. The second-order valence-electron chi connectivity index (χ2n) is 4.28. The number of Topliss-reactive ketones (excluding diaryl/α,β-unsaturated/α-hetero) is 2. The Morgan fingerprint density at radius 2 is 1.67 bits per heavy atom. The van der Waals surface area contributed by atoms with E-state index in [0.717, 1.165) is 0 Å². The average Bonchev–Trinajstić information content (AvgIpc) is 2.30. The largest absolute Gasteiger partial charge is 0.504 e. The minimum atomic E-state index is -1.36. The van der Waals surface area contributed by atoms with E-state index in [-0.39, 0.29) is 22.9 Å². The molecule has 0 heterocycles. The number of hydrogen-bond donors (Lipinski definition) is 2. The Hall–Kier alpha value is -2.04. The number of phenols is 2. The first kappa shape index (κ1) is 14.0. The molecule has 0 fully saturated rings. The summed E-state index contributed by atoms with van der Waals surface area (Å²) in [5, 5.41) is 19.1. The van der Waals surface area contributed by atoms with Crippen LogP contribution in [0.1, 0.15) is 26.3 Å². The summed E-state index contributed by atoms with van der Waals surface area (Å²) in [6.45, 7) is 4.08. The Kier molecular flexibility index (Phi) is 3.65. The third-order valence-corrected chi connectivity index (χ3v) is 3.26. The summed E-state index contributed by atoms with van der Waals surface area (Å²) >= 11 is 0. The van der Waals surface area contributed by atoms with E-state index in [1.165, 1.54) is 40.0 Å². The molecule has 0 aliphatic carbocycles. The topological polar surface area (TPSA) is 83.8 Å². The van der Waals surface area contributed by atoms with Crippen LogP contribution in [0.4, 0.5) is 0 Å². The second kappa shape index (κ2) is 4.68. The molecule has 98 valence electrons. The van der Waals surface area contributed by atoms with Crippen molar-refractivity contribution in [2.24, 2.45) is 0 Å². The van der Waals surface area contributed by atoms with E-state index in [4.69, 9.17) is 4.74 Å². The van der Waals surface area contributed by atoms with Crippen molar-refractivity contribution in [1.82, 2.24) is 0 Å². The van der Waals surface area contributed by atoms with Crippen LogP contribution in [0.15, 0.2) is 12.1 Å². The van der Waals surface area contributed by atoms with E-state index in [2.05, 4.69) is 0 Å². The lowest BCUT2D eigenvalue weighted by Gasteiger charge is -2.25. The van der Waals surface area contributed by atoms with E-state index in [9.17, 15) is 19.8 Å². The molecule has 1 aromatic carbocycles. The van der Waals surface area contributed by atoms with Gasteiger partial charge in [-0.15, -0.1) is 0 Å². The maximum absolute atomic E-state index is 11.7. The molecule has 18 heavy (non-hydrogen) atoms. The lowest BCUT2D eigenvalue weighted by molar-refractivity contribution is -0.132. The first-order valence-corrected chi connectivity index (χ1v) is 5.37. The minimum absolute atomic E-state index is 0.0127. The van der Waals surface area contributed by atoms with Crippen LogP contribution < -0.4 is 4.74 Å². The van der Waals surface area contributed by atoms with Gasteiger partial charge in [0.15, 0.2) is 11.5 Å². The zero-order valence-electron chi connectivity index (χ0n) is 10.8. The van der Waals surface area contributed by atoms with Crippen molar-refractivity contribution in [3.63, 3.8) is 0 Å². The van der Waals surface area contributed by atoms with Crippen molar-refractivity contribution in [3.8, 4) is 17.2 Å². The molecule has 0 bridgehead atoms. The third-order valence-electron chi connectivity index (χ3n) is 3.26. The van der Waals surface area contributed by atoms with Crippen molar-refractivity contribution in [3.05, 3.63) is 17.7 Å². The Bertz CT molecular complexity index is 490. The number of ketones is 2. The molecule has 1 aromatic rings. The second-order valence-corrected chi connectivity index (χ2v) is 4.28. The van der Waals surface area contributed by atoms with Gasteiger partial charge in [0, 0.05) is 0 Å². The van der Waals surface area contributed by atoms with Gasteiger partial charge < -0.3 is 14.9 Å². The molecule has 0 atom stereocenters. The molecule has 0 saturated heterocycles. The smallest absolute Gasteiger partial charge is 0.200 e. The van der Waals surface area contributed by atoms with Crippen LogP contribution >= 0.6 is 0 Å². The molecule has 0 aliphatic heterocycles. The lowest BCUT2D eigenvalue weighted by atomic mass is 9.76. The summed E-state index contributed by atoms with van der Waals surface area (Å²) < 4.78 is 4.89. The Labute approximate surface area is 105 Å². The average molecular weight is 252 g/mol. The van der Waals surface area contributed by atoms with E-state index in [1.54, 1.807) is 0 Å². The molecule has 0 aliphatic rings. The van der Waals surface area contributed by atoms with Crippen molar-refractivity contribution in [2.45, 2.75) is 26.2 Å². The van der Waals surface area contributed by atoms with E-state index < -0.39 is 16.9 Å². The molecule has 5 nitrogen and oxygen atoms in total. The van der Waals surface area contributed by atoms with Gasteiger partial charge in [0.2, 0.25) is 5.75 Å². The van der Waals surface area contributed by atoms with Gasteiger partial charge in [-0.25, -0.2) is 0 Å². The van der Waals surface area contributed by atoms with Crippen LogP contribution in [-0.2, 0) is 15.0 Å². The molecular formula is C13H16O5. The van der Waals surface area contributed by atoms with Gasteiger partial charge in [-0.05, 0) is 38.5 Å². The number of carbonyl (C=O) groups excluding carboxylic acids is 2. The SMILES string of the molecule is COc1cc(C(C)(C(C)=O)C(C)=O)cc(O)c1O. The van der Waals surface area contributed by atoms with Crippen LogP contribution in [0.3, 0.4) is 0 Å². The van der Waals surface area contributed by atoms with Crippen LogP contribution in [0.25, 0.3) is 0 Å².